The van der Waals surface area contributed by atoms with E-state index in [1.807, 2.05) is 0 Å². The van der Waals surface area contributed by atoms with Crippen LogP contribution in [0.5, 0.6) is 0 Å². The first-order chi connectivity index (χ1) is 9.06. The average molecular weight is 282 g/mol. The largest absolute Gasteiger partial charge is 0.478 e. The molecule has 7 nitrogen and oxygen atoms in total. The van der Waals surface area contributed by atoms with Crippen LogP contribution in [0.4, 0.5) is 20.0 Å². The van der Waals surface area contributed by atoms with Gasteiger partial charge in [-0.25, -0.2) is 14.0 Å². The molecular formula is C10H7FN4O3S. The fourth-order valence-corrected chi connectivity index (χ4v) is 1.69. The molecule has 1 aromatic carbocycles. The second-order valence-corrected chi connectivity index (χ2v) is 4.16. The third kappa shape index (κ3) is 3.22. The van der Waals surface area contributed by atoms with Crippen LogP contribution in [0.15, 0.2) is 23.7 Å². The summed E-state index contributed by atoms with van der Waals surface area (Å²) in [7, 11) is 0. The van der Waals surface area contributed by atoms with Crippen LogP contribution < -0.4 is 10.6 Å². The van der Waals surface area contributed by atoms with Crippen molar-refractivity contribution in [2.45, 2.75) is 0 Å². The van der Waals surface area contributed by atoms with Crippen molar-refractivity contribution in [2.75, 3.05) is 10.6 Å². The van der Waals surface area contributed by atoms with E-state index in [4.69, 9.17) is 5.11 Å². The number of carbonyl (C=O) groups excluding carboxylic acids is 1. The van der Waals surface area contributed by atoms with Gasteiger partial charge >= 0.3 is 12.0 Å². The lowest BCUT2D eigenvalue weighted by Crippen LogP contribution is -2.19. The molecule has 0 aliphatic heterocycles. The highest BCUT2D eigenvalue weighted by Gasteiger charge is 2.11. The average Bonchev–Trinajstić information content (AvgIpc) is 2.81. The fourth-order valence-electron chi connectivity index (χ4n) is 1.25. The molecule has 0 aliphatic rings. The van der Waals surface area contributed by atoms with Gasteiger partial charge in [0.15, 0.2) is 0 Å². The number of rotatable bonds is 3. The van der Waals surface area contributed by atoms with Crippen molar-refractivity contribution in [2.24, 2.45) is 0 Å². The highest BCUT2D eigenvalue weighted by Crippen LogP contribution is 2.15. The Balaban J connectivity index is 2.05. The van der Waals surface area contributed by atoms with E-state index in [9.17, 15) is 14.0 Å². The molecule has 1 heterocycles. The molecule has 0 saturated carbocycles. The first-order valence-electron chi connectivity index (χ1n) is 4.93. The van der Waals surface area contributed by atoms with Crippen molar-refractivity contribution in [1.82, 2.24) is 10.2 Å². The maximum atomic E-state index is 13.4. The molecule has 2 amide bonds. The second-order valence-electron chi connectivity index (χ2n) is 3.32. The minimum absolute atomic E-state index is 0.129. The first-order valence-corrected chi connectivity index (χ1v) is 5.81. The third-order valence-corrected chi connectivity index (χ3v) is 2.64. The van der Waals surface area contributed by atoms with Crippen LogP contribution in [-0.4, -0.2) is 27.3 Å². The number of amides is 2. The zero-order chi connectivity index (χ0) is 13.8. The van der Waals surface area contributed by atoms with Crippen molar-refractivity contribution >= 4 is 34.2 Å². The molecule has 0 atom stereocenters. The summed E-state index contributed by atoms with van der Waals surface area (Å²) in [5.74, 6) is -2.30. The number of hydrogen-bond acceptors (Lipinski definition) is 5. The summed E-state index contributed by atoms with van der Waals surface area (Å²) < 4.78 is 13.4. The number of hydrogen-bond donors (Lipinski definition) is 3. The molecule has 0 unspecified atom stereocenters. The third-order valence-electron chi connectivity index (χ3n) is 2.04. The Hall–Kier alpha value is -2.55. The molecule has 9 heteroatoms. The summed E-state index contributed by atoms with van der Waals surface area (Å²) in [5, 5.41) is 20.8. The van der Waals surface area contributed by atoms with Gasteiger partial charge in [0.1, 0.15) is 11.3 Å². The molecule has 2 aromatic rings. The lowest BCUT2D eigenvalue weighted by atomic mass is 10.2. The Morgan fingerprint density at radius 2 is 2.11 bits per heavy atom. The molecule has 0 radical (unpaired) electrons. The van der Waals surface area contributed by atoms with E-state index in [1.165, 1.54) is 11.6 Å². The van der Waals surface area contributed by atoms with Gasteiger partial charge in [0.2, 0.25) is 5.13 Å². The molecule has 0 fully saturated rings. The SMILES string of the molecule is O=C(Nc1ccc(C(=O)O)c(F)c1)Nc1nncs1. The highest BCUT2D eigenvalue weighted by molar-refractivity contribution is 7.13. The number of aromatic nitrogens is 2. The Kier molecular flexibility index (Phi) is 3.66. The van der Waals surface area contributed by atoms with Gasteiger partial charge in [-0.15, -0.1) is 10.2 Å². The smallest absolute Gasteiger partial charge is 0.338 e. The summed E-state index contributed by atoms with van der Waals surface area (Å²) in [6.07, 6.45) is 0. The maximum Gasteiger partial charge on any atom is 0.338 e. The molecule has 3 N–H and O–H groups in total. The molecule has 19 heavy (non-hydrogen) atoms. The summed E-state index contributed by atoms with van der Waals surface area (Å²) in [6.45, 7) is 0. The number of carboxylic acid groups (broad SMARTS) is 1. The van der Waals surface area contributed by atoms with Crippen LogP contribution >= 0.6 is 11.3 Å². The van der Waals surface area contributed by atoms with Gasteiger partial charge in [0.05, 0.1) is 5.56 Å². The van der Waals surface area contributed by atoms with Crippen molar-refractivity contribution in [3.8, 4) is 0 Å². The van der Waals surface area contributed by atoms with Crippen LogP contribution in [0.25, 0.3) is 0 Å². The van der Waals surface area contributed by atoms with Gasteiger partial charge in [-0.3, -0.25) is 5.32 Å². The number of halogens is 1. The van der Waals surface area contributed by atoms with E-state index in [0.717, 1.165) is 23.5 Å². The number of aromatic carboxylic acids is 1. The molecule has 2 rings (SSSR count). The highest BCUT2D eigenvalue weighted by atomic mass is 32.1. The molecule has 0 saturated heterocycles. The van der Waals surface area contributed by atoms with Crippen molar-refractivity contribution < 1.29 is 19.1 Å². The monoisotopic (exact) mass is 282 g/mol. The van der Waals surface area contributed by atoms with E-state index in [2.05, 4.69) is 20.8 Å². The topological polar surface area (TPSA) is 104 Å². The van der Waals surface area contributed by atoms with Crippen LogP contribution in [0.3, 0.4) is 0 Å². The predicted molar refractivity (Wildman–Crippen MR) is 65.9 cm³/mol. The minimum atomic E-state index is -1.37. The second kappa shape index (κ2) is 5.40. The standard InChI is InChI=1S/C10H7FN4O3S/c11-7-3-5(1-2-6(7)8(16)17)13-9(18)14-10-15-12-4-19-10/h1-4H,(H,16,17)(H2,13,14,15,18). The summed E-state index contributed by atoms with van der Waals surface area (Å²) >= 11 is 1.13. The van der Waals surface area contributed by atoms with E-state index in [-0.39, 0.29) is 5.69 Å². The zero-order valence-electron chi connectivity index (χ0n) is 9.25. The predicted octanol–water partition coefficient (Wildman–Crippen LogP) is 2.02. The van der Waals surface area contributed by atoms with Crippen LogP contribution in [0.1, 0.15) is 10.4 Å². The Labute approximate surface area is 110 Å². The molecule has 0 spiro atoms. The van der Waals surface area contributed by atoms with Gasteiger partial charge in [-0.1, -0.05) is 11.3 Å². The van der Waals surface area contributed by atoms with E-state index < -0.39 is 23.4 Å². The van der Waals surface area contributed by atoms with Crippen molar-refractivity contribution in [1.29, 1.82) is 0 Å². The van der Waals surface area contributed by atoms with E-state index in [1.54, 1.807) is 0 Å². The quantitative estimate of drug-likeness (QED) is 0.798. The summed E-state index contributed by atoms with van der Waals surface area (Å²) in [4.78, 5) is 22.1. The van der Waals surface area contributed by atoms with Crippen molar-refractivity contribution in [3.05, 3.63) is 35.1 Å². The molecule has 0 aliphatic carbocycles. The van der Waals surface area contributed by atoms with Gasteiger partial charge in [0, 0.05) is 5.69 Å². The Morgan fingerprint density at radius 3 is 2.68 bits per heavy atom. The van der Waals surface area contributed by atoms with Gasteiger partial charge < -0.3 is 10.4 Å². The number of benzene rings is 1. The fraction of sp³-hybridized carbons (Fsp3) is 0. The molecule has 98 valence electrons. The number of carbonyl (C=O) groups is 2. The first kappa shape index (κ1) is 12.9. The van der Waals surface area contributed by atoms with Crippen LogP contribution in [0, 0.1) is 5.82 Å². The number of nitrogens with zero attached hydrogens (tertiary/aromatic N) is 2. The van der Waals surface area contributed by atoms with Gasteiger partial charge in [0.25, 0.3) is 0 Å². The lowest BCUT2D eigenvalue weighted by molar-refractivity contribution is 0.0692. The van der Waals surface area contributed by atoms with Crippen molar-refractivity contribution in [3.63, 3.8) is 0 Å². The van der Waals surface area contributed by atoms with Gasteiger partial charge in [-0.2, -0.15) is 0 Å². The lowest BCUT2D eigenvalue weighted by Gasteiger charge is -2.06. The Morgan fingerprint density at radius 1 is 1.32 bits per heavy atom. The van der Waals surface area contributed by atoms with Crippen LogP contribution in [0.2, 0.25) is 0 Å². The summed E-state index contributed by atoms with van der Waals surface area (Å²) in [5.41, 5.74) is 1.11. The number of anilines is 2. The number of nitrogens with one attached hydrogen (secondary N) is 2. The maximum absolute atomic E-state index is 13.4. The molecular weight excluding hydrogens is 275 g/mol. The number of carboxylic acids is 1. The minimum Gasteiger partial charge on any atom is -0.478 e. The summed E-state index contributed by atoms with van der Waals surface area (Å²) in [6, 6.07) is 2.65. The van der Waals surface area contributed by atoms with E-state index >= 15 is 0 Å². The Bertz CT molecular complexity index is 617. The van der Waals surface area contributed by atoms with E-state index in [0.29, 0.717) is 5.13 Å². The number of urea groups is 1. The molecule has 0 bridgehead atoms. The normalized spacial score (nSPS) is 9.95. The van der Waals surface area contributed by atoms with Gasteiger partial charge in [-0.05, 0) is 18.2 Å². The van der Waals surface area contributed by atoms with Crippen LogP contribution in [-0.2, 0) is 0 Å². The zero-order valence-corrected chi connectivity index (χ0v) is 10.1. The molecule has 1 aromatic heterocycles.